The summed E-state index contributed by atoms with van der Waals surface area (Å²) >= 11 is 0. The second-order valence-electron chi connectivity index (χ2n) is 5.06. The highest BCUT2D eigenvalue weighted by Crippen LogP contribution is 1.96. The summed E-state index contributed by atoms with van der Waals surface area (Å²) in [5, 5.41) is 7.10. The number of nitrogens with one attached hydrogen (secondary N) is 2. The molecule has 2 N–H and O–H groups in total. The minimum absolute atomic E-state index is 0.647. The van der Waals surface area contributed by atoms with Gasteiger partial charge in [0.15, 0.2) is 0 Å². The molecule has 0 amide bonds. The monoisotopic (exact) mass is 242 g/mol. The van der Waals surface area contributed by atoms with Crippen molar-refractivity contribution >= 4 is 0 Å². The van der Waals surface area contributed by atoms with E-state index in [1.54, 1.807) is 0 Å². The molecule has 4 nitrogen and oxygen atoms in total. The third kappa shape index (κ3) is 6.36. The SMILES string of the molecule is CCN1CCNCCN(C(C)C)CCNCC1. The summed E-state index contributed by atoms with van der Waals surface area (Å²) in [7, 11) is 0. The van der Waals surface area contributed by atoms with Gasteiger partial charge in [0.2, 0.25) is 0 Å². The quantitative estimate of drug-likeness (QED) is 0.725. The van der Waals surface area contributed by atoms with Crippen molar-refractivity contribution < 1.29 is 0 Å². The van der Waals surface area contributed by atoms with Crippen LogP contribution >= 0.6 is 0 Å². The largest absolute Gasteiger partial charge is 0.314 e. The Morgan fingerprint density at radius 3 is 1.76 bits per heavy atom. The molecule has 0 bridgehead atoms. The summed E-state index contributed by atoms with van der Waals surface area (Å²) in [6.07, 6.45) is 0. The van der Waals surface area contributed by atoms with Crippen LogP contribution in [0.5, 0.6) is 0 Å². The lowest BCUT2D eigenvalue weighted by Gasteiger charge is -2.28. The highest BCUT2D eigenvalue weighted by Gasteiger charge is 2.09. The first-order chi connectivity index (χ1) is 8.24. The van der Waals surface area contributed by atoms with Crippen LogP contribution in [0.25, 0.3) is 0 Å². The molecule has 1 fully saturated rings. The fourth-order valence-corrected chi connectivity index (χ4v) is 2.23. The number of hydrogen-bond acceptors (Lipinski definition) is 4. The predicted molar refractivity (Wildman–Crippen MR) is 74.6 cm³/mol. The predicted octanol–water partition coefficient (Wildman–Crippen LogP) is 0.212. The molecule has 4 heteroatoms. The number of nitrogens with zero attached hydrogens (tertiary/aromatic N) is 2. The summed E-state index contributed by atoms with van der Waals surface area (Å²) in [6.45, 7) is 17.0. The van der Waals surface area contributed by atoms with Gasteiger partial charge in [0.1, 0.15) is 0 Å². The smallest absolute Gasteiger partial charge is 0.0110 e. The van der Waals surface area contributed by atoms with Crippen molar-refractivity contribution in [3.05, 3.63) is 0 Å². The Morgan fingerprint density at radius 1 is 0.882 bits per heavy atom. The molecule has 1 rings (SSSR count). The molecule has 0 spiro atoms. The second kappa shape index (κ2) is 8.86. The maximum atomic E-state index is 3.55. The first kappa shape index (κ1) is 14.9. The van der Waals surface area contributed by atoms with Gasteiger partial charge in [0, 0.05) is 58.4 Å². The van der Waals surface area contributed by atoms with Crippen molar-refractivity contribution in [3.8, 4) is 0 Å². The normalized spacial score (nSPS) is 23.3. The lowest BCUT2D eigenvalue weighted by molar-refractivity contribution is 0.211. The van der Waals surface area contributed by atoms with E-state index in [-0.39, 0.29) is 0 Å². The van der Waals surface area contributed by atoms with E-state index in [4.69, 9.17) is 0 Å². The molecule has 0 atom stereocenters. The molecule has 1 aliphatic rings. The van der Waals surface area contributed by atoms with Gasteiger partial charge in [0.25, 0.3) is 0 Å². The molecule has 0 aromatic rings. The van der Waals surface area contributed by atoms with E-state index in [1.807, 2.05) is 0 Å². The molecule has 0 aliphatic carbocycles. The molecule has 0 radical (unpaired) electrons. The van der Waals surface area contributed by atoms with E-state index >= 15 is 0 Å². The van der Waals surface area contributed by atoms with Gasteiger partial charge in [0.05, 0.1) is 0 Å². The molecule has 1 saturated heterocycles. The van der Waals surface area contributed by atoms with Crippen LogP contribution in [0.4, 0.5) is 0 Å². The number of rotatable bonds is 2. The fraction of sp³-hybridized carbons (Fsp3) is 1.00. The van der Waals surface area contributed by atoms with Crippen molar-refractivity contribution in [2.24, 2.45) is 0 Å². The third-order valence-electron chi connectivity index (χ3n) is 3.54. The molecular formula is C13H30N4. The average Bonchev–Trinajstić information content (AvgIpc) is 2.29. The van der Waals surface area contributed by atoms with Crippen LogP contribution < -0.4 is 10.6 Å². The zero-order valence-electron chi connectivity index (χ0n) is 11.8. The topological polar surface area (TPSA) is 30.5 Å². The molecule has 0 aromatic heterocycles. The minimum atomic E-state index is 0.647. The Balaban J connectivity index is 2.33. The fourth-order valence-electron chi connectivity index (χ4n) is 2.23. The molecule has 1 aliphatic heterocycles. The van der Waals surface area contributed by atoms with Gasteiger partial charge < -0.3 is 15.5 Å². The molecule has 0 aromatic carbocycles. The highest BCUT2D eigenvalue weighted by atomic mass is 15.2. The highest BCUT2D eigenvalue weighted by molar-refractivity contribution is 4.68. The van der Waals surface area contributed by atoms with Crippen LogP contribution in [0.1, 0.15) is 20.8 Å². The lowest BCUT2D eigenvalue weighted by Crippen LogP contribution is -2.45. The van der Waals surface area contributed by atoms with Crippen molar-refractivity contribution in [2.45, 2.75) is 26.8 Å². The van der Waals surface area contributed by atoms with Gasteiger partial charge in [-0.25, -0.2) is 0 Å². The van der Waals surface area contributed by atoms with E-state index in [9.17, 15) is 0 Å². The van der Waals surface area contributed by atoms with Gasteiger partial charge in [-0.1, -0.05) is 6.92 Å². The Bertz CT molecular complexity index is 170. The molecule has 102 valence electrons. The standard InChI is InChI=1S/C13H30N4/c1-4-16-9-5-14-7-11-17(13(2)3)12-8-15-6-10-16/h13-15H,4-12H2,1-3H3. The van der Waals surface area contributed by atoms with Crippen molar-refractivity contribution in [2.75, 3.05) is 58.9 Å². The van der Waals surface area contributed by atoms with Crippen LogP contribution in [-0.4, -0.2) is 74.7 Å². The summed E-state index contributed by atoms with van der Waals surface area (Å²) in [5.74, 6) is 0. The maximum absolute atomic E-state index is 3.55. The summed E-state index contributed by atoms with van der Waals surface area (Å²) in [4.78, 5) is 5.04. The lowest BCUT2D eigenvalue weighted by atomic mass is 10.3. The Labute approximate surface area is 107 Å². The van der Waals surface area contributed by atoms with Crippen LogP contribution in [0.2, 0.25) is 0 Å². The number of hydrogen-bond donors (Lipinski definition) is 2. The third-order valence-corrected chi connectivity index (χ3v) is 3.54. The molecular weight excluding hydrogens is 212 g/mol. The number of likely N-dealkylation sites (N-methyl/N-ethyl adjacent to an activating group) is 1. The van der Waals surface area contributed by atoms with Crippen LogP contribution in [0, 0.1) is 0 Å². The van der Waals surface area contributed by atoms with Gasteiger partial charge in [-0.05, 0) is 20.4 Å². The van der Waals surface area contributed by atoms with Crippen LogP contribution in [0.15, 0.2) is 0 Å². The first-order valence-corrected chi connectivity index (χ1v) is 7.12. The average molecular weight is 242 g/mol. The molecule has 0 unspecified atom stereocenters. The van der Waals surface area contributed by atoms with Gasteiger partial charge in [-0.15, -0.1) is 0 Å². The zero-order chi connectivity index (χ0) is 12.5. The van der Waals surface area contributed by atoms with Gasteiger partial charge in [-0.3, -0.25) is 4.90 Å². The van der Waals surface area contributed by atoms with Crippen LogP contribution in [-0.2, 0) is 0 Å². The van der Waals surface area contributed by atoms with E-state index in [0.717, 1.165) is 45.8 Å². The van der Waals surface area contributed by atoms with Crippen molar-refractivity contribution in [3.63, 3.8) is 0 Å². The molecule has 0 saturated carbocycles. The van der Waals surface area contributed by atoms with E-state index in [2.05, 4.69) is 41.2 Å². The van der Waals surface area contributed by atoms with Crippen LogP contribution in [0.3, 0.4) is 0 Å². The van der Waals surface area contributed by atoms with Crippen molar-refractivity contribution in [1.29, 1.82) is 0 Å². The second-order valence-corrected chi connectivity index (χ2v) is 5.06. The first-order valence-electron chi connectivity index (χ1n) is 7.12. The molecule has 1 heterocycles. The summed E-state index contributed by atoms with van der Waals surface area (Å²) < 4.78 is 0. The van der Waals surface area contributed by atoms with Gasteiger partial charge >= 0.3 is 0 Å². The minimum Gasteiger partial charge on any atom is -0.314 e. The summed E-state index contributed by atoms with van der Waals surface area (Å²) in [6, 6.07) is 0.647. The zero-order valence-corrected chi connectivity index (χ0v) is 11.8. The Hall–Kier alpha value is -0.160. The molecule has 17 heavy (non-hydrogen) atoms. The van der Waals surface area contributed by atoms with E-state index in [1.165, 1.54) is 13.1 Å². The van der Waals surface area contributed by atoms with Gasteiger partial charge in [-0.2, -0.15) is 0 Å². The van der Waals surface area contributed by atoms with E-state index < -0.39 is 0 Å². The Kier molecular flexibility index (Phi) is 7.77. The summed E-state index contributed by atoms with van der Waals surface area (Å²) in [5.41, 5.74) is 0. The maximum Gasteiger partial charge on any atom is 0.0110 e. The van der Waals surface area contributed by atoms with E-state index in [0.29, 0.717) is 6.04 Å². The Morgan fingerprint density at radius 2 is 1.35 bits per heavy atom. The van der Waals surface area contributed by atoms with Crippen molar-refractivity contribution in [1.82, 2.24) is 20.4 Å².